The molecule has 0 heterocycles. The molecule has 98 valence electrons. The molecule has 1 saturated carbocycles. The number of thioether (sulfide) groups is 1. The van der Waals surface area contributed by atoms with Crippen LogP contribution in [0.5, 0.6) is 0 Å². The molecule has 1 aromatic rings. The second kappa shape index (κ2) is 5.20. The van der Waals surface area contributed by atoms with E-state index >= 15 is 0 Å². The van der Waals surface area contributed by atoms with Crippen molar-refractivity contribution in [3.8, 4) is 0 Å². The van der Waals surface area contributed by atoms with Crippen molar-refractivity contribution in [2.75, 3.05) is 17.7 Å². The summed E-state index contributed by atoms with van der Waals surface area (Å²) in [6, 6.07) is 5.43. The van der Waals surface area contributed by atoms with E-state index < -0.39 is 5.97 Å². The van der Waals surface area contributed by atoms with E-state index in [-0.39, 0.29) is 12.1 Å². The van der Waals surface area contributed by atoms with E-state index in [1.54, 1.807) is 6.07 Å². The highest BCUT2D eigenvalue weighted by Gasteiger charge is 2.42. The second-order valence-electron chi connectivity index (χ2n) is 4.48. The number of benzene rings is 1. The van der Waals surface area contributed by atoms with E-state index in [1.807, 2.05) is 19.1 Å². The van der Waals surface area contributed by atoms with Gasteiger partial charge in [0.05, 0.1) is 23.4 Å². The average Bonchev–Trinajstić information content (AvgIpc) is 3.10. The van der Waals surface area contributed by atoms with Gasteiger partial charge in [0, 0.05) is 4.90 Å². The lowest BCUT2D eigenvalue weighted by atomic mass is 10.1. The Morgan fingerprint density at radius 3 is 2.72 bits per heavy atom. The summed E-state index contributed by atoms with van der Waals surface area (Å²) in [6.07, 6.45) is 1.77. The monoisotopic (exact) mass is 267 g/mol. The summed E-state index contributed by atoms with van der Waals surface area (Å²) < 4.78 is 0. The molecule has 0 saturated heterocycles. The normalized spacial score (nSPS) is 16.3. The maximum Gasteiger partial charge on any atom is 0.338 e. The summed E-state index contributed by atoms with van der Waals surface area (Å²) in [6.45, 7) is 2.03. The number of hydrogen-bond donors (Lipinski definition) is 3. The Bertz CT molecular complexity index is 458. The molecule has 1 aromatic carbocycles. The third-order valence-electron chi connectivity index (χ3n) is 3.10. The smallest absolute Gasteiger partial charge is 0.338 e. The number of anilines is 1. The van der Waals surface area contributed by atoms with Crippen molar-refractivity contribution in [2.24, 2.45) is 0 Å². The van der Waals surface area contributed by atoms with Gasteiger partial charge in [-0.25, -0.2) is 4.79 Å². The van der Waals surface area contributed by atoms with Crippen LogP contribution in [0.15, 0.2) is 23.1 Å². The Morgan fingerprint density at radius 1 is 1.50 bits per heavy atom. The summed E-state index contributed by atoms with van der Waals surface area (Å²) in [5.74, 6) is -0.0997. The van der Waals surface area contributed by atoms with Crippen LogP contribution in [0.3, 0.4) is 0 Å². The Balaban J connectivity index is 2.33. The molecule has 1 aliphatic carbocycles. The summed E-state index contributed by atoms with van der Waals surface area (Å²) in [4.78, 5) is 12.2. The van der Waals surface area contributed by atoms with E-state index in [1.165, 1.54) is 11.8 Å². The first-order valence-corrected chi connectivity index (χ1v) is 6.98. The maximum absolute atomic E-state index is 11.4. The molecule has 2 rings (SSSR count). The van der Waals surface area contributed by atoms with E-state index in [2.05, 4.69) is 5.32 Å². The Morgan fingerprint density at radius 2 is 2.22 bits per heavy atom. The van der Waals surface area contributed by atoms with Gasteiger partial charge in [-0.3, -0.25) is 0 Å². The van der Waals surface area contributed by atoms with Crippen molar-refractivity contribution < 1.29 is 15.0 Å². The molecule has 0 amide bonds. The number of carboxylic acid groups (broad SMARTS) is 1. The first kappa shape index (κ1) is 13.2. The van der Waals surface area contributed by atoms with E-state index in [9.17, 15) is 15.0 Å². The number of aliphatic hydroxyl groups excluding tert-OH is 1. The van der Waals surface area contributed by atoms with E-state index in [0.29, 0.717) is 11.3 Å². The van der Waals surface area contributed by atoms with Crippen molar-refractivity contribution in [1.82, 2.24) is 0 Å². The summed E-state index contributed by atoms with van der Waals surface area (Å²) >= 11 is 1.52. The van der Waals surface area contributed by atoms with Crippen molar-refractivity contribution in [3.05, 3.63) is 23.8 Å². The largest absolute Gasteiger partial charge is 0.478 e. The molecule has 3 N–H and O–H groups in total. The molecule has 5 heteroatoms. The molecule has 1 fully saturated rings. The molecular formula is C13H17NO3S. The van der Waals surface area contributed by atoms with Crippen LogP contribution in [0.2, 0.25) is 0 Å². The molecule has 18 heavy (non-hydrogen) atoms. The molecule has 0 aliphatic heterocycles. The predicted molar refractivity (Wildman–Crippen MR) is 72.5 cm³/mol. The Kier molecular flexibility index (Phi) is 3.82. The molecule has 0 atom stereocenters. The van der Waals surface area contributed by atoms with Crippen LogP contribution in [0, 0.1) is 0 Å². The third kappa shape index (κ3) is 2.62. The number of nitrogens with one attached hydrogen (secondary N) is 1. The number of aromatic carboxylic acids is 1. The van der Waals surface area contributed by atoms with Crippen LogP contribution in [0.4, 0.5) is 5.69 Å². The predicted octanol–water partition coefficient (Wildman–Crippen LogP) is 2.43. The molecule has 1 aliphatic rings. The maximum atomic E-state index is 11.4. The highest BCUT2D eigenvalue weighted by atomic mass is 32.2. The van der Waals surface area contributed by atoms with Gasteiger partial charge in [0.15, 0.2) is 0 Å². The number of carbonyl (C=O) groups is 1. The molecule has 0 aromatic heterocycles. The number of aliphatic hydroxyl groups is 1. The second-order valence-corrected chi connectivity index (χ2v) is 5.79. The van der Waals surface area contributed by atoms with E-state index in [0.717, 1.165) is 23.5 Å². The summed E-state index contributed by atoms with van der Waals surface area (Å²) in [7, 11) is 0. The highest BCUT2D eigenvalue weighted by Crippen LogP contribution is 2.40. The number of hydrogen-bond acceptors (Lipinski definition) is 4. The fourth-order valence-electron chi connectivity index (χ4n) is 1.89. The number of rotatable bonds is 6. The van der Waals surface area contributed by atoms with Crippen molar-refractivity contribution in [3.63, 3.8) is 0 Å². The van der Waals surface area contributed by atoms with Crippen LogP contribution < -0.4 is 5.32 Å². The molecular weight excluding hydrogens is 250 g/mol. The van der Waals surface area contributed by atoms with Crippen LogP contribution in [0.25, 0.3) is 0 Å². The van der Waals surface area contributed by atoms with Crippen molar-refractivity contribution in [1.29, 1.82) is 0 Å². The van der Waals surface area contributed by atoms with Crippen LogP contribution >= 0.6 is 11.8 Å². The SMILES string of the molecule is CCSc1cccc(NC2(CO)CC2)c1C(=O)O. The van der Waals surface area contributed by atoms with Crippen molar-refractivity contribution in [2.45, 2.75) is 30.2 Å². The fourth-order valence-corrected chi connectivity index (χ4v) is 2.72. The Labute approximate surface area is 110 Å². The van der Waals surface area contributed by atoms with Crippen LogP contribution in [-0.4, -0.2) is 34.1 Å². The zero-order chi connectivity index (χ0) is 13.2. The standard InChI is InChI=1S/C13H17NO3S/c1-2-18-10-5-3-4-9(11(10)12(16)17)14-13(8-15)6-7-13/h3-5,14-15H,2,6-8H2,1H3,(H,16,17). The zero-order valence-corrected chi connectivity index (χ0v) is 11.1. The summed E-state index contributed by atoms with van der Waals surface area (Å²) in [5.41, 5.74) is 0.608. The first-order chi connectivity index (χ1) is 8.62. The third-order valence-corrected chi connectivity index (χ3v) is 4.04. The minimum Gasteiger partial charge on any atom is -0.478 e. The molecule has 0 bridgehead atoms. The fraction of sp³-hybridized carbons (Fsp3) is 0.462. The average molecular weight is 267 g/mol. The minimum absolute atomic E-state index is 0.0389. The molecule has 0 unspecified atom stereocenters. The molecule has 0 radical (unpaired) electrons. The van der Waals surface area contributed by atoms with Gasteiger partial charge in [-0.2, -0.15) is 0 Å². The lowest BCUT2D eigenvalue weighted by Gasteiger charge is -2.19. The van der Waals surface area contributed by atoms with E-state index in [4.69, 9.17) is 0 Å². The topological polar surface area (TPSA) is 69.6 Å². The van der Waals surface area contributed by atoms with Gasteiger partial charge in [-0.05, 0) is 30.7 Å². The van der Waals surface area contributed by atoms with Gasteiger partial charge >= 0.3 is 5.97 Å². The first-order valence-electron chi connectivity index (χ1n) is 6.00. The van der Waals surface area contributed by atoms with Gasteiger partial charge in [0.2, 0.25) is 0 Å². The van der Waals surface area contributed by atoms with Crippen molar-refractivity contribution >= 4 is 23.4 Å². The minimum atomic E-state index is -0.928. The number of carboxylic acids is 1. The highest BCUT2D eigenvalue weighted by molar-refractivity contribution is 7.99. The van der Waals surface area contributed by atoms with Gasteiger partial charge in [-0.15, -0.1) is 11.8 Å². The van der Waals surface area contributed by atoms with Gasteiger partial charge in [0.25, 0.3) is 0 Å². The van der Waals surface area contributed by atoms with Gasteiger partial charge in [-0.1, -0.05) is 13.0 Å². The van der Waals surface area contributed by atoms with Gasteiger partial charge in [0.1, 0.15) is 0 Å². The van der Waals surface area contributed by atoms with Gasteiger partial charge < -0.3 is 15.5 Å². The lowest BCUT2D eigenvalue weighted by molar-refractivity contribution is 0.0694. The lowest BCUT2D eigenvalue weighted by Crippen LogP contribution is -2.26. The molecule has 4 nitrogen and oxygen atoms in total. The molecule has 0 spiro atoms. The zero-order valence-electron chi connectivity index (χ0n) is 10.3. The Hall–Kier alpha value is -1.20. The van der Waals surface area contributed by atoms with Crippen LogP contribution in [-0.2, 0) is 0 Å². The quantitative estimate of drug-likeness (QED) is 0.691. The summed E-state index contributed by atoms with van der Waals surface area (Å²) in [5, 5.41) is 21.8. The van der Waals surface area contributed by atoms with Crippen LogP contribution in [0.1, 0.15) is 30.1 Å².